The third-order valence-corrected chi connectivity index (χ3v) is 8.79. The van der Waals surface area contributed by atoms with Crippen LogP contribution in [0, 0.1) is 17.8 Å². The fraction of sp³-hybridized carbons (Fsp3) is 0.581. The zero-order valence-corrected chi connectivity index (χ0v) is 23.2. The molecule has 38 heavy (non-hydrogen) atoms. The van der Waals surface area contributed by atoms with Crippen molar-refractivity contribution in [1.82, 2.24) is 19.8 Å². The van der Waals surface area contributed by atoms with Crippen LogP contribution in [0.25, 0.3) is 22.0 Å². The van der Waals surface area contributed by atoms with E-state index in [2.05, 4.69) is 15.2 Å². The number of hydrogen-bond acceptors (Lipinski definition) is 5. The van der Waals surface area contributed by atoms with Crippen molar-refractivity contribution in [2.75, 3.05) is 32.7 Å². The molecule has 3 aromatic rings. The summed E-state index contributed by atoms with van der Waals surface area (Å²) in [5.74, 6) is 3.26. The first kappa shape index (κ1) is 27.0. The van der Waals surface area contributed by atoms with Gasteiger partial charge in [0.1, 0.15) is 11.3 Å². The molecule has 6 rings (SSSR count). The van der Waals surface area contributed by atoms with Gasteiger partial charge >= 0.3 is 0 Å². The van der Waals surface area contributed by atoms with E-state index in [1.54, 1.807) is 51.5 Å². The second-order valence-electron chi connectivity index (χ2n) is 12.3. The van der Waals surface area contributed by atoms with E-state index in [4.69, 9.17) is 0 Å². The van der Waals surface area contributed by atoms with Gasteiger partial charge in [-0.25, -0.2) is 0 Å². The summed E-state index contributed by atoms with van der Waals surface area (Å²) in [6.45, 7) is 10.2. The highest BCUT2D eigenvalue weighted by Gasteiger charge is 2.32. The zero-order chi connectivity index (χ0) is 26.9. The van der Waals surface area contributed by atoms with Gasteiger partial charge in [-0.15, -0.1) is 0 Å². The third-order valence-electron chi connectivity index (χ3n) is 8.79. The Hall–Kier alpha value is -2.61. The number of benzene rings is 1. The zero-order valence-electron chi connectivity index (χ0n) is 23.2. The normalized spacial score (nSPS) is 19.6. The molecule has 1 aromatic carbocycles. The fourth-order valence-electron chi connectivity index (χ4n) is 6.22. The van der Waals surface area contributed by atoms with Gasteiger partial charge in [0.15, 0.2) is 0 Å². The number of aromatic amines is 1. The molecule has 2 aliphatic heterocycles. The molecule has 4 heterocycles. The molecule has 1 aliphatic carbocycles. The molecule has 2 saturated heterocycles. The van der Waals surface area contributed by atoms with Gasteiger partial charge in [-0.1, -0.05) is 12.5 Å². The number of pyridine rings is 1. The fourth-order valence-corrected chi connectivity index (χ4v) is 6.22. The van der Waals surface area contributed by atoms with Gasteiger partial charge in [0, 0.05) is 55.6 Å². The standard InChI is InChI=1S/C17H18N2O3.C14H26N2/c1-17(2,22)10-4-5-14(20)12(8-10)13-9-19(3)16(21)15-11(13)6-7-18-15;1-2-13(3-1)9-16-10-14(11-16)8-12-4-6-15-7-5-12/h4-9,18,20,22H,1-3H3;12-15H,1-11H2. The molecule has 0 spiro atoms. The first-order chi connectivity index (χ1) is 18.2. The van der Waals surface area contributed by atoms with Crippen LogP contribution < -0.4 is 10.9 Å². The van der Waals surface area contributed by atoms with Gasteiger partial charge in [0.25, 0.3) is 5.56 Å². The Labute approximate surface area is 225 Å². The van der Waals surface area contributed by atoms with Crippen LogP contribution in [0.5, 0.6) is 5.75 Å². The summed E-state index contributed by atoms with van der Waals surface area (Å²) in [4.78, 5) is 17.8. The minimum atomic E-state index is -1.01. The monoisotopic (exact) mass is 520 g/mol. The maximum Gasteiger partial charge on any atom is 0.274 e. The van der Waals surface area contributed by atoms with Crippen LogP contribution >= 0.6 is 0 Å². The maximum atomic E-state index is 12.1. The number of rotatable bonds is 6. The number of fused-ring (bicyclic) bond motifs is 1. The Balaban J connectivity index is 0.000000162. The molecule has 3 fully saturated rings. The van der Waals surface area contributed by atoms with Gasteiger partial charge in [-0.2, -0.15) is 0 Å². The summed E-state index contributed by atoms with van der Waals surface area (Å²) in [6.07, 6.45) is 12.3. The number of nitrogens with zero attached hydrogens (tertiary/aromatic N) is 2. The Bertz CT molecular complexity index is 1290. The number of hydrogen-bond donors (Lipinski definition) is 4. The van der Waals surface area contributed by atoms with Crippen LogP contribution in [0.4, 0.5) is 0 Å². The average molecular weight is 521 g/mol. The predicted molar refractivity (Wildman–Crippen MR) is 153 cm³/mol. The number of piperidine rings is 1. The molecule has 4 N–H and O–H groups in total. The molecule has 0 radical (unpaired) electrons. The number of aryl methyl sites for hydroxylation is 1. The van der Waals surface area contributed by atoms with E-state index >= 15 is 0 Å². The maximum absolute atomic E-state index is 12.1. The highest BCUT2D eigenvalue weighted by molar-refractivity contribution is 5.95. The Kier molecular flexibility index (Phi) is 7.98. The lowest BCUT2D eigenvalue weighted by Crippen LogP contribution is -2.50. The van der Waals surface area contributed by atoms with Crippen LogP contribution in [0.3, 0.4) is 0 Å². The van der Waals surface area contributed by atoms with Gasteiger partial charge in [-0.05, 0) is 101 Å². The second-order valence-corrected chi connectivity index (χ2v) is 12.3. The van der Waals surface area contributed by atoms with E-state index in [1.165, 1.54) is 75.8 Å². The lowest BCUT2D eigenvalue weighted by atomic mass is 9.81. The summed E-state index contributed by atoms with van der Waals surface area (Å²) in [6, 6.07) is 6.81. The van der Waals surface area contributed by atoms with E-state index in [0.717, 1.165) is 28.7 Å². The third kappa shape index (κ3) is 6.00. The summed E-state index contributed by atoms with van der Waals surface area (Å²) in [7, 11) is 1.67. The molecular formula is C31H44N4O3. The molecule has 2 aromatic heterocycles. The number of aliphatic hydroxyl groups is 1. The van der Waals surface area contributed by atoms with E-state index in [1.807, 2.05) is 6.07 Å². The second kappa shape index (κ2) is 11.2. The van der Waals surface area contributed by atoms with Crippen molar-refractivity contribution in [2.24, 2.45) is 24.8 Å². The highest BCUT2D eigenvalue weighted by Crippen LogP contribution is 2.36. The van der Waals surface area contributed by atoms with Crippen LogP contribution in [0.2, 0.25) is 0 Å². The van der Waals surface area contributed by atoms with Gasteiger partial charge in [-0.3, -0.25) is 4.79 Å². The Morgan fingerprint density at radius 3 is 2.39 bits per heavy atom. The first-order valence-corrected chi connectivity index (χ1v) is 14.3. The van der Waals surface area contributed by atoms with Gasteiger partial charge < -0.3 is 30.0 Å². The molecule has 7 nitrogen and oxygen atoms in total. The molecule has 206 valence electrons. The molecule has 0 atom stereocenters. The molecule has 3 aliphatic rings. The van der Waals surface area contributed by atoms with Crippen LogP contribution in [-0.4, -0.2) is 57.4 Å². The number of nitrogens with one attached hydrogen (secondary N) is 2. The summed E-state index contributed by atoms with van der Waals surface area (Å²) in [5, 5.41) is 24.6. The molecule has 0 unspecified atom stereocenters. The van der Waals surface area contributed by atoms with Crippen LogP contribution in [0.1, 0.15) is 57.9 Å². The number of phenolic OH excluding ortho intramolecular Hbond substituents is 1. The van der Waals surface area contributed by atoms with E-state index in [-0.39, 0.29) is 11.3 Å². The lowest BCUT2D eigenvalue weighted by molar-refractivity contribution is 0.0474. The molecular weight excluding hydrogens is 476 g/mol. The van der Waals surface area contributed by atoms with Gasteiger partial charge in [0.2, 0.25) is 0 Å². The molecule has 1 saturated carbocycles. The van der Waals surface area contributed by atoms with Crippen molar-refractivity contribution in [1.29, 1.82) is 0 Å². The van der Waals surface area contributed by atoms with Crippen molar-refractivity contribution in [2.45, 2.75) is 58.0 Å². The number of likely N-dealkylation sites (tertiary alicyclic amines) is 1. The highest BCUT2D eigenvalue weighted by atomic mass is 16.3. The number of phenols is 1. The van der Waals surface area contributed by atoms with Crippen molar-refractivity contribution >= 4 is 10.9 Å². The molecule has 0 amide bonds. The Morgan fingerprint density at radius 1 is 1.00 bits per heavy atom. The Morgan fingerprint density at radius 2 is 1.74 bits per heavy atom. The smallest absolute Gasteiger partial charge is 0.274 e. The lowest BCUT2D eigenvalue weighted by Gasteiger charge is -2.44. The minimum Gasteiger partial charge on any atom is -0.507 e. The van der Waals surface area contributed by atoms with Gasteiger partial charge in [0.05, 0.1) is 5.60 Å². The number of aromatic hydroxyl groups is 1. The van der Waals surface area contributed by atoms with Crippen LogP contribution in [-0.2, 0) is 12.6 Å². The number of H-pyrrole nitrogens is 1. The number of aromatic nitrogens is 2. The van der Waals surface area contributed by atoms with E-state index in [9.17, 15) is 15.0 Å². The van der Waals surface area contributed by atoms with Crippen LogP contribution in [0.15, 0.2) is 41.5 Å². The van der Waals surface area contributed by atoms with Crippen molar-refractivity contribution in [3.63, 3.8) is 0 Å². The van der Waals surface area contributed by atoms with Crippen molar-refractivity contribution in [3.8, 4) is 16.9 Å². The largest absolute Gasteiger partial charge is 0.507 e. The summed E-state index contributed by atoms with van der Waals surface area (Å²) in [5.41, 5.74) is 1.37. The minimum absolute atomic E-state index is 0.106. The van der Waals surface area contributed by atoms with E-state index < -0.39 is 5.60 Å². The van der Waals surface area contributed by atoms with E-state index in [0.29, 0.717) is 16.6 Å². The van der Waals surface area contributed by atoms with Crippen molar-refractivity contribution < 1.29 is 10.2 Å². The summed E-state index contributed by atoms with van der Waals surface area (Å²) >= 11 is 0. The average Bonchev–Trinajstić information content (AvgIpc) is 3.33. The molecule has 7 heteroatoms. The molecule has 0 bridgehead atoms. The quantitative estimate of drug-likeness (QED) is 0.382. The predicted octanol–water partition coefficient (Wildman–Crippen LogP) is 4.57. The SMILES string of the molecule is C1CC(CN2CC(CC3CCNCC3)C2)C1.Cn1cc(-c2cc(C(C)(C)O)ccc2O)c2cc[nH]c2c1=O. The topological polar surface area (TPSA) is 93.5 Å². The van der Waals surface area contributed by atoms with Crippen molar-refractivity contribution in [3.05, 3.63) is 52.6 Å². The first-order valence-electron chi connectivity index (χ1n) is 14.3. The summed E-state index contributed by atoms with van der Waals surface area (Å²) < 4.78 is 1.48.